The Labute approximate surface area is 105 Å². The van der Waals surface area contributed by atoms with Gasteiger partial charge in [0.1, 0.15) is 0 Å². The molecule has 3 N–H and O–H groups in total. The summed E-state index contributed by atoms with van der Waals surface area (Å²) in [5.74, 6) is -0.179. The van der Waals surface area contributed by atoms with Gasteiger partial charge in [0.2, 0.25) is 5.91 Å². The van der Waals surface area contributed by atoms with Gasteiger partial charge in [-0.05, 0) is 18.6 Å². The van der Waals surface area contributed by atoms with Gasteiger partial charge in [-0.25, -0.2) is 8.42 Å². The molecule has 0 aromatic heterocycles. The van der Waals surface area contributed by atoms with Crippen molar-refractivity contribution in [2.45, 2.75) is 11.3 Å². The number of hydrogen-bond acceptors (Lipinski definition) is 4. The summed E-state index contributed by atoms with van der Waals surface area (Å²) in [5.41, 5.74) is 2.95. The molecule has 0 unspecified atom stereocenters. The number of hydrazine groups is 1. The number of carbonyl (C=O) groups is 1. The molecule has 0 saturated carbocycles. The molecule has 1 heterocycles. The van der Waals surface area contributed by atoms with Crippen LogP contribution in [0.25, 0.3) is 0 Å². The van der Waals surface area contributed by atoms with Crippen LogP contribution in [-0.2, 0) is 14.8 Å². The number of sulfonamides is 1. The van der Waals surface area contributed by atoms with Gasteiger partial charge >= 0.3 is 0 Å². The lowest BCUT2D eigenvalue weighted by atomic mass is 10.2. The van der Waals surface area contributed by atoms with Gasteiger partial charge in [-0.1, -0.05) is 18.2 Å². The molecule has 1 aliphatic rings. The van der Waals surface area contributed by atoms with Crippen molar-refractivity contribution < 1.29 is 13.2 Å². The molecular formula is C11H13N3O3S. The Balaban J connectivity index is 2.00. The largest absolute Gasteiger partial charge is 0.352 e. The van der Waals surface area contributed by atoms with Crippen molar-refractivity contribution in [3.63, 3.8) is 0 Å². The van der Waals surface area contributed by atoms with E-state index in [0.717, 1.165) is 0 Å². The average molecular weight is 267 g/mol. The summed E-state index contributed by atoms with van der Waals surface area (Å²) < 4.78 is 23.6. The minimum Gasteiger partial charge on any atom is -0.352 e. The van der Waals surface area contributed by atoms with Crippen LogP contribution in [0.3, 0.4) is 0 Å². The molecule has 0 bridgehead atoms. The van der Waals surface area contributed by atoms with Crippen LogP contribution >= 0.6 is 0 Å². The molecular weight excluding hydrogens is 254 g/mol. The maximum Gasteiger partial charge on any atom is 0.257 e. The first-order chi connectivity index (χ1) is 8.59. The first-order valence-electron chi connectivity index (χ1n) is 5.39. The summed E-state index contributed by atoms with van der Waals surface area (Å²) in [7, 11) is -3.61. The van der Waals surface area contributed by atoms with E-state index >= 15 is 0 Å². The highest BCUT2D eigenvalue weighted by atomic mass is 32.2. The number of rotatable bonds is 4. The average Bonchev–Trinajstić information content (AvgIpc) is 2.76. The second-order valence-electron chi connectivity index (χ2n) is 3.74. The Kier molecular flexibility index (Phi) is 3.63. The van der Waals surface area contributed by atoms with Crippen molar-refractivity contribution >= 4 is 15.9 Å². The smallest absolute Gasteiger partial charge is 0.257 e. The van der Waals surface area contributed by atoms with Crippen LogP contribution < -0.4 is 15.6 Å². The van der Waals surface area contributed by atoms with Crippen LogP contribution in [0.15, 0.2) is 47.0 Å². The molecule has 0 radical (unpaired) electrons. The van der Waals surface area contributed by atoms with E-state index in [9.17, 15) is 13.2 Å². The molecule has 6 nitrogen and oxygen atoms in total. The van der Waals surface area contributed by atoms with Crippen molar-refractivity contribution in [2.75, 3.05) is 6.54 Å². The number of hydrogen-bond donors (Lipinski definition) is 3. The fraction of sp³-hybridized carbons (Fsp3) is 0.182. The highest BCUT2D eigenvalue weighted by molar-refractivity contribution is 7.89. The van der Waals surface area contributed by atoms with E-state index in [1.807, 2.05) is 0 Å². The Bertz CT molecular complexity index is 566. The maximum atomic E-state index is 11.8. The van der Waals surface area contributed by atoms with Gasteiger partial charge in [-0.15, -0.1) is 4.83 Å². The van der Waals surface area contributed by atoms with Gasteiger partial charge < -0.3 is 10.7 Å². The van der Waals surface area contributed by atoms with Crippen LogP contribution in [-0.4, -0.2) is 20.9 Å². The summed E-state index contributed by atoms with van der Waals surface area (Å²) >= 11 is 0. The summed E-state index contributed by atoms with van der Waals surface area (Å²) in [5, 5.41) is 2.62. The lowest BCUT2D eigenvalue weighted by Gasteiger charge is -2.06. The van der Waals surface area contributed by atoms with E-state index in [0.29, 0.717) is 18.5 Å². The fourth-order valence-corrected chi connectivity index (χ4v) is 2.38. The third kappa shape index (κ3) is 2.88. The van der Waals surface area contributed by atoms with Crippen LogP contribution in [0, 0.1) is 0 Å². The van der Waals surface area contributed by atoms with Crippen LogP contribution in [0.2, 0.25) is 0 Å². The van der Waals surface area contributed by atoms with E-state index in [2.05, 4.69) is 15.6 Å². The van der Waals surface area contributed by atoms with Crippen molar-refractivity contribution in [1.82, 2.24) is 15.6 Å². The Morgan fingerprint density at radius 2 is 1.94 bits per heavy atom. The van der Waals surface area contributed by atoms with E-state index in [1.54, 1.807) is 18.2 Å². The van der Waals surface area contributed by atoms with Gasteiger partial charge in [0.05, 0.1) is 4.90 Å². The third-order valence-electron chi connectivity index (χ3n) is 2.46. The molecule has 1 aliphatic heterocycles. The standard InChI is InChI=1S/C11H13N3O3S/c15-11-9(6-7-12-11)8-13-14-18(16,17)10-4-2-1-3-5-10/h1-5,8,13-14H,6-7H2,(H,12,15). The lowest BCUT2D eigenvalue weighted by molar-refractivity contribution is -0.116. The number of amides is 1. The van der Waals surface area contributed by atoms with E-state index in [1.165, 1.54) is 18.3 Å². The molecule has 0 spiro atoms. The second-order valence-corrected chi connectivity index (χ2v) is 5.42. The molecule has 18 heavy (non-hydrogen) atoms. The molecule has 7 heteroatoms. The van der Waals surface area contributed by atoms with E-state index in [4.69, 9.17) is 0 Å². The van der Waals surface area contributed by atoms with Crippen LogP contribution in [0.4, 0.5) is 0 Å². The summed E-state index contributed by atoms with van der Waals surface area (Å²) in [6.45, 7) is 0.581. The predicted molar refractivity (Wildman–Crippen MR) is 65.6 cm³/mol. The van der Waals surface area contributed by atoms with Crippen molar-refractivity contribution in [3.05, 3.63) is 42.1 Å². The molecule has 1 amide bonds. The summed E-state index contributed by atoms with van der Waals surface area (Å²) in [4.78, 5) is 13.6. The minimum atomic E-state index is -3.61. The molecule has 1 aromatic rings. The molecule has 96 valence electrons. The van der Waals surface area contributed by atoms with Gasteiger partial charge in [0.25, 0.3) is 10.0 Å². The fourth-order valence-electron chi connectivity index (χ4n) is 1.53. The molecule has 0 aliphatic carbocycles. The zero-order valence-corrected chi connectivity index (χ0v) is 10.3. The SMILES string of the molecule is O=C1NCCC1=CNNS(=O)(=O)c1ccccc1. The Morgan fingerprint density at radius 1 is 1.22 bits per heavy atom. The number of carbonyl (C=O) groups excluding carboxylic acids is 1. The molecule has 1 fully saturated rings. The normalized spacial score (nSPS) is 17.8. The Morgan fingerprint density at radius 3 is 2.56 bits per heavy atom. The maximum absolute atomic E-state index is 11.8. The third-order valence-corrected chi connectivity index (χ3v) is 3.74. The highest BCUT2D eigenvalue weighted by Gasteiger charge is 2.16. The summed E-state index contributed by atoms with van der Waals surface area (Å²) in [6.07, 6.45) is 1.95. The minimum absolute atomic E-state index is 0.159. The van der Waals surface area contributed by atoms with Gasteiger partial charge in [-0.3, -0.25) is 4.79 Å². The highest BCUT2D eigenvalue weighted by Crippen LogP contribution is 2.07. The molecule has 0 atom stereocenters. The zero-order valence-electron chi connectivity index (χ0n) is 9.51. The van der Waals surface area contributed by atoms with Gasteiger partial charge in [-0.2, -0.15) is 0 Å². The quantitative estimate of drug-likeness (QED) is 0.524. The first-order valence-corrected chi connectivity index (χ1v) is 6.87. The second kappa shape index (κ2) is 5.19. The van der Waals surface area contributed by atoms with E-state index in [-0.39, 0.29) is 10.8 Å². The lowest BCUT2D eigenvalue weighted by Crippen LogP contribution is -2.34. The van der Waals surface area contributed by atoms with Crippen LogP contribution in [0.5, 0.6) is 0 Å². The zero-order chi connectivity index (χ0) is 13.0. The molecule has 2 rings (SSSR count). The van der Waals surface area contributed by atoms with Crippen molar-refractivity contribution in [1.29, 1.82) is 0 Å². The first kappa shape index (κ1) is 12.6. The van der Waals surface area contributed by atoms with Gasteiger partial charge in [0.15, 0.2) is 0 Å². The van der Waals surface area contributed by atoms with Crippen molar-refractivity contribution in [3.8, 4) is 0 Å². The van der Waals surface area contributed by atoms with E-state index < -0.39 is 10.0 Å². The predicted octanol–water partition coefficient (Wildman–Crippen LogP) is -0.127. The molecule has 1 saturated heterocycles. The number of nitrogens with one attached hydrogen (secondary N) is 3. The van der Waals surface area contributed by atoms with Crippen LogP contribution in [0.1, 0.15) is 6.42 Å². The topological polar surface area (TPSA) is 87.3 Å². The van der Waals surface area contributed by atoms with Crippen molar-refractivity contribution in [2.24, 2.45) is 0 Å². The molecule has 1 aromatic carbocycles. The number of benzene rings is 1. The summed E-state index contributed by atoms with van der Waals surface area (Å²) in [6, 6.07) is 7.98. The Hall–Kier alpha value is -1.86. The van der Waals surface area contributed by atoms with Gasteiger partial charge in [0, 0.05) is 18.3 Å². The monoisotopic (exact) mass is 267 g/mol.